The molecule has 2 N–H and O–H groups in total. The lowest BCUT2D eigenvalue weighted by atomic mass is 9.71. The first kappa shape index (κ1) is 16.4. The molecule has 0 amide bonds. The molecule has 0 unspecified atom stereocenters. The van der Waals surface area contributed by atoms with Crippen molar-refractivity contribution in [1.82, 2.24) is 0 Å². The standard InChI is InChI=1S/C20H24O5/c1-9(22)15-17(24)12(8-21)16(23)11-5-10-6-13-14(19(13,2)3)7-20(10,4)25-18(11)15/h8,10,13-14,23-24H,5-7H2,1-4H3/t10-,13-,14+,20+/m0/s1. The van der Waals surface area contributed by atoms with E-state index in [9.17, 15) is 19.8 Å². The van der Waals surface area contributed by atoms with Crippen molar-refractivity contribution in [1.29, 1.82) is 0 Å². The first-order valence-electron chi connectivity index (χ1n) is 8.87. The van der Waals surface area contributed by atoms with Crippen LogP contribution in [0.25, 0.3) is 0 Å². The van der Waals surface area contributed by atoms with Gasteiger partial charge < -0.3 is 14.9 Å². The highest BCUT2D eigenvalue weighted by atomic mass is 16.5. The number of ether oxygens (including phenoxy) is 1. The normalized spacial score (nSPS) is 34.2. The van der Waals surface area contributed by atoms with E-state index in [0.717, 1.165) is 12.8 Å². The van der Waals surface area contributed by atoms with Gasteiger partial charge in [-0.3, -0.25) is 9.59 Å². The van der Waals surface area contributed by atoms with Gasteiger partial charge in [0.15, 0.2) is 12.1 Å². The molecule has 0 aromatic heterocycles. The minimum Gasteiger partial charge on any atom is -0.507 e. The first-order chi connectivity index (χ1) is 11.6. The van der Waals surface area contributed by atoms with Crippen molar-refractivity contribution in [3.63, 3.8) is 0 Å². The average Bonchev–Trinajstić information content (AvgIpc) is 3.02. The number of aromatic hydroxyl groups is 2. The molecule has 1 aromatic rings. The summed E-state index contributed by atoms with van der Waals surface area (Å²) < 4.78 is 6.31. The Morgan fingerprint density at radius 3 is 2.48 bits per heavy atom. The molecule has 4 rings (SSSR count). The van der Waals surface area contributed by atoms with E-state index in [1.54, 1.807) is 0 Å². The molecule has 5 heteroatoms. The summed E-state index contributed by atoms with van der Waals surface area (Å²) in [5.41, 5.74) is 0.137. The Hall–Kier alpha value is -2.04. The van der Waals surface area contributed by atoms with Gasteiger partial charge in [-0.15, -0.1) is 0 Å². The van der Waals surface area contributed by atoms with Crippen molar-refractivity contribution in [3.05, 3.63) is 16.7 Å². The van der Waals surface area contributed by atoms with Crippen LogP contribution < -0.4 is 4.74 Å². The number of Topliss-reactive ketones (excluding diaryl/α,β-unsaturated/α-hetero) is 1. The highest BCUT2D eigenvalue weighted by Crippen LogP contribution is 2.69. The van der Waals surface area contributed by atoms with E-state index in [4.69, 9.17) is 4.74 Å². The lowest BCUT2D eigenvalue weighted by Gasteiger charge is -2.46. The SMILES string of the molecule is CC(=O)c1c(O)c(C=O)c(O)c2c1O[C@]1(C)C[C@@H]3[C@H](C[C@@H]1C2)C3(C)C. The van der Waals surface area contributed by atoms with Crippen LogP contribution in [0.4, 0.5) is 0 Å². The molecule has 2 fully saturated rings. The molecule has 4 atom stereocenters. The molecule has 25 heavy (non-hydrogen) atoms. The lowest BCUT2D eigenvalue weighted by molar-refractivity contribution is -0.0265. The second-order valence-electron chi connectivity index (χ2n) is 8.76. The van der Waals surface area contributed by atoms with E-state index < -0.39 is 11.4 Å². The largest absolute Gasteiger partial charge is 0.507 e. The summed E-state index contributed by atoms with van der Waals surface area (Å²) >= 11 is 0. The van der Waals surface area contributed by atoms with Gasteiger partial charge in [-0.25, -0.2) is 0 Å². The maximum Gasteiger partial charge on any atom is 0.167 e. The van der Waals surface area contributed by atoms with Crippen molar-refractivity contribution in [2.45, 2.75) is 52.6 Å². The number of carbonyl (C=O) groups is 2. The van der Waals surface area contributed by atoms with Crippen LogP contribution >= 0.6 is 0 Å². The van der Waals surface area contributed by atoms with E-state index in [0.29, 0.717) is 35.5 Å². The van der Waals surface area contributed by atoms with E-state index in [2.05, 4.69) is 20.8 Å². The molecule has 1 aromatic carbocycles. The maximum atomic E-state index is 12.1. The monoisotopic (exact) mass is 344 g/mol. The minimum atomic E-state index is -0.485. The van der Waals surface area contributed by atoms with Gasteiger partial charge in [-0.05, 0) is 50.4 Å². The summed E-state index contributed by atoms with van der Waals surface area (Å²) in [6.45, 7) is 7.96. The van der Waals surface area contributed by atoms with Crippen LogP contribution in [-0.2, 0) is 6.42 Å². The number of phenols is 2. The summed E-state index contributed by atoms with van der Waals surface area (Å²) in [5.74, 6) is 0.620. The van der Waals surface area contributed by atoms with Crippen molar-refractivity contribution in [3.8, 4) is 17.2 Å². The first-order valence-corrected chi connectivity index (χ1v) is 8.87. The summed E-state index contributed by atoms with van der Waals surface area (Å²) in [4.78, 5) is 23.4. The summed E-state index contributed by atoms with van der Waals surface area (Å²) in [6.07, 6.45) is 2.87. The van der Waals surface area contributed by atoms with Crippen molar-refractivity contribution >= 4 is 12.1 Å². The van der Waals surface area contributed by atoms with Crippen LogP contribution in [0.2, 0.25) is 0 Å². The zero-order valence-electron chi connectivity index (χ0n) is 15.0. The van der Waals surface area contributed by atoms with Crippen LogP contribution in [0, 0.1) is 23.2 Å². The molecule has 0 radical (unpaired) electrons. The van der Waals surface area contributed by atoms with Gasteiger partial charge in [0.05, 0.1) is 5.56 Å². The number of rotatable bonds is 2. The average molecular weight is 344 g/mol. The zero-order valence-corrected chi connectivity index (χ0v) is 15.0. The summed E-state index contributed by atoms with van der Waals surface area (Å²) in [6, 6.07) is 0. The molecule has 2 saturated carbocycles. The Morgan fingerprint density at radius 2 is 1.88 bits per heavy atom. The van der Waals surface area contributed by atoms with E-state index in [-0.39, 0.29) is 34.3 Å². The van der Waals surface area contributed by atoms with Crippen LogP contribution in [0.1, 0.15) is 66.8 Å². The molecule has 3 aliphatic rings. The van der Waals surface area contributed by atoms with Crippen molar-refractivity contribution in [2.24, 2.45) is 23.2 Å². The Balaban J connectivity index is 1.86. The van der Waals surface area contributed by atoms with E-state index in [1.807, 2.05) is 0 Å². The Labute approximate surface area is 147 Å². The van der Waals surface area contributed by atoms with Crippen LogP contribution in [-0.4, -0.2) is 27.9 Å². The molecule has 0 spiro atoms. The topological polar surface area (TPSA) is 83.8 Å². The number of benzene rings is 1. The van der Waals surface area contributed by atoms with Crippen molar-refractivity contribution < 1.29 is 24.5 Å². The minimum absolute atomic E-state index is 0.00626. The Kier molecular flexibility index (Phi) is 3.14. The molecular weight excluding hydrogens is 320 g/mol. The molecule has 2 aliphatic carbocycles. The molecule has 1 heterocycles. The fourth-order valence-corrected chi connectivity index (χ4v) is 5.31. The third-order valence-corrected chi connectivity index (χ3v) is 7.10. The second kappa shape index (κ2) is 4.77. The molecular formula is C20H24O5. The zero-order chi connectivity index (χ0) is 18.3. The fraction of sp³-hybridized carbons (Fsp3) is 0.600. The predicted octanol–water partition coefficient (Wildman–Crippen LogP) is 3.49. The summed E-state index contributed by atoms with van der Waals surface area (Å²) in [7, 11) is 0. The maximum absolute atomic E-state index is 12.1. The number of aldehydes is 1. The number of fused-ring (bicyclic) bond motifs is 3. The number of carbonyl (C=O) groups excluding carboxylic acids is 2. The van der Waals surface area contributed by atoms with Crippen LogP contribution in [0.3, 0.4) is 0 Å². The van der Waals surface area contributed by atoms with Crippen LogP contribution in [0.5, 0.6) is 17.2 Å². The number of hydrogen-bond donors (Lipinski definition) is 2. The van der Waals surface area contributed by atoms with E-state index in [1.165, 1.54) is 6.92 Å². The predicted molar refractivity (Wildman–Crippen MR) is 91.4 cm³/mol. The van der Waals surface area contributed by atoms with Gasteiger partial charge in [0, 0.05) is 11.5 Å². The van der Waals surface area contributed by atoms with Gasteiger partial charge in [0.25, 0.3) is 0 Å². The molecule has 1 aliphatic heterocycles. The third kappa shape index (κ3) is 2.01. The van der Waals surface area contributed by atoms with Gasteiger partial charge in [-0.1, -0.05) is 13.8 Å². The fourth-order valence-electron chi connectivity index (χ4n) is 5.31. The molecule has 0 bridgehead atoms. The number of ketones is 1. The highest BCUT2D eigenvalue weighted by Gasteiger charge is 2.65. The highest BCUT2D eigenvalue weighted by molar-refractivity contribution is 6.04. The quantitative estimate of drug-likeness (QED) is 0.634. The Morgan fingerprint density at radius 1 is 1.20 bits per heavy atom. The number of hydrogen-bond acceptors (Lipinski definition) is 5. The van der Waals surface area contributed by atoms with Gasteiger partial charge in [-0.2, -0.15) is 0 Å². The van der Waals surface area contributed by atoms with Gasteiger partial charge in [0.2, 0.25) is 0 Å². The summed E-state index contributed by atoms with van der Waals surface area (Å²) in [5, 5.41) is 20.8. The lowest BCUT2D eigenvalue weighted by Crippen LogP contribution is -2.48. The van der Waals surface area contributed by atoms with Gasteiger partial charge >= 0.3 is 0 Å². The third-order valence-electron chi connectivity index (χ3n) is 7.10. The molecule has 5 nitrogen and oxygen atoms in total. The van der Waals surface area contributed by atoms with Gasteiger partial charge in [0.1, 0.15) is 28.4 Å². The molecule has 134 valence electrons. The second-order valence-corrected chi connectivity index (χ2v) is 8.76. The Bertz CT molecular complexity index is 809. The smallest absolute Gasteiger partial charge is 0.167 e. The van der Waals surface area contributed by atoms with Crippen LogP contribution in [0.15, 0.2) is 0 Å². The van der Waals surface area contributed by atoms with Crippen molar-refractivity contribution in [2.75, 3.05) is 0 Å². The number of phenolic OH excluding ortho intramolecular Hbond substituents is 2. The van der Waals surface area contributed by atoms with E-state index >= 15 is 0 Å². The molecule has 0 saturated heterocycles.